The molecule has 0 aliphatic rings. The third-order valence-corrected chi connectivity index (χ3v) is 3.34. The van der Waals surface area contributed by atoms with Crippen molar-refractivity contribution < 1.29 is 14.3 Å². The summed E-state index contributed by atoms with van der Waals surface area (Å²) in [5, 5.41) is 3.00. The first-order valence-corrected chi connectivity index (χ1v) is 7.34. The van der Waals surface area contributed by atoms with Gasteiger partial charge in [0.1, 0.15) is 5.75 Å². The molecule has 120 valence electrons. The molecule has 23 heavy (non-hydrogen) atoms. The monoisotopic (exact) mass is 332 g/mol. The molecule has 2 amide bonds. The molecule has 6 heteroatoms. The number of Topliss-reactive ketones (excluding diaryl/α,β-unsaturated/α-hetero) is 1. The molecule has 5 nitrogen and oxygen atoms in total. The van der Waals surface area contributed by atoms with E-state index in [4.69, 9.17) is 16.3 Å². The Morgan fingerprint density at radius 1 is 1.13 bits per heavy atom. The lowest BCUT2D eigenvalue weighted by Gasteiger charge is -2.13. The van der Waals surface area contributed by atoms with Crippen LogP contribution in [0.3, 0.4) is 0 Å². The van der Waals surface area contributed by atoms with E-state index in [1.165, 1.54) is 4.90 Å². The fourth-order valence-corrected chi connectivity index (χ4v) is 2.02. The molecule has 0 fully saturated rings. The van der Waals surface area contributed by atoms with Crippen LogP contribution in [0.15, 0.2) is 48.5 Å². The summed E-state index contributed by atoms with van der Waals surface area (Å²) in [6.45, 7) is -0.104. The molecule has 0 bridgehead atoms. The largest absolute Gasteiger partial charge is 0.484 e. The first-order valence-electron chi connectivity index (χ1n) is 6.96. The van der Waals surface area contributed by atoms with Gasteiger partial charge in [0.05, 0.1) is 5.02 Å². The number of amides is 2. The Morgan fingerprint density at radius 2 is 1.83 bits per heavy atom. The first kappa shape index (κ1) is 16.8. The zero-order valence-electron chi connectivity index (χ0n) is 12.9. The van der Waals surface area contributed by atoms with Crippen molar-refractivity contribution in [1.29, 1.82) is 0 Å². The smallest absolute Gasteiger partial charge is 0.321 e. The number of ether oxygens (including phenoxy) is 1. The molecule has 0 spiro atoms. The average molecular weight is 333 g/mol. The summed E-state index contributed by atoms with van der Waals surface area (Å²) >= 11 is 6.12. The number of nitrogens with one attached hydrogen (secondary N) is 1. The van der Waals surface area contributed by atoms with Gasteiger partial charge < -0.3 is 15.0 Å². The van der Waals surface area contributed by atoms with Crippen molar-refractivity contribution in [3.8, 4) is 5.75 Å². The van der Waals surface area contributed by atoms with Crippen LogP contribution in [-0.4, -0.2) is 37.4 Å². The molecule has 2 aromatic rings. The van der Waals surface area contributed by atoms with Crippen LogP contribution < -0.4 is 10.1 Å². The number of carbonyl (C=O) groups is 2. The lowest BCUT2D eigenvalue weighted by molar-refractivity contribution is 0.0921. The molecule has 0 unspecified atom stereocenters. The van der Waals surface area contributed by atoms with E-state index in [1.807, 2.05) is 6.07 Å². The van der Waals surface area contributed by atoms with Gasteiger partial charge in [-0.05, 0) is 18.2 Å². The van der Waals surface area contributed by atoms with Crippen LogP contribution in [0.25, 0.3) is 0 Å². The average Bonchev–Trinajstić information content (AvgIpc) is 2.54. The zero-order valence-corrected chi connectivity index (χ0v) is 13.6. The highest BCUT2D eigenvalue weighted by molar-refractivity contribution is 6.32. The van der Waals surface area contributed by atoms with Crippen molar-refractivity contribution in [2.24, 2.45) is 0 Å². The number of rotatable bonds is 5. The van der Waals surface area contributed by atoms with Gasteiger partial charge in [0.15, 0.2) is 12.4 Å². The van der Waals surface area contributed by atoms with Crippen molar-refractivity contribution in [2.75, 3.05) is 26.0 Å². The maximum Gasteiger partial charge on any atom is 0.321 e. The lowest BCUT2D eigenvalue weighted by atomic mass is 10.1. The topological polar surface area (TPSA) is 58.6 Å². The molecule has 0 aliphatic carbocycles. The van der Waals surface area contributed by atoms with Crippen LogP contribution in [0.2, 0.25) is 5.02 Å². The molecule has 2 rings (SSSR count). The second-order valence-electron chi connectivity index (χ2n) is 5.05. The second kappa shape index (κ2) is 7.65. The van der Waals surface area contributed by atoms with Gasteiger partial charge in [-0.15, -0.1) is 0 Å². The maximum atomic E-state index is 12.0. The summed E-state index contributed by atoms with van der Waals surface area (Å²) in [4.78, 5) is 25.0. The predicted octanol–water partition coefficient (Wildman–Crippen LogP) is 3.70. The third-order valence-electron chi connectivity index (χ3n) is 3.04. The Morgan fingerprint density at radius 3 is 2.43 bits per heavy atom. The van der Waals surface area contributed by atoms with Crippen LogP contribution in [-0.2, 0) is 0 Å². The predicted molar refractivity (Wildman–Crippen MR) is 90.4 cm³/mol. The van der Waals surface area contributed by atoms with E-state index in [1.54, 1.807) is 56.6 Å². The fraction of sp³-hybridized carbons (Fsp3) is 0.176. The normalized spacial score (nSPS) is 10.0. The summed E-state index contributed by atoms with van der Waals surface area (Å²) in [6.07, 6.45) is 0. The van der Waals surface area contributed by atoms with E-state index < -0.39 is 0 Å². The van der Waals surface area contributed by atoms with Crippen LogP contribution >= 0.6 is 11.6 Å². The maximum absolute atomic E-state index is 12.0. The molecular formula is C17H17ClN2O3. The molecule has 0 saturated carbocycles. The standard InChI is InChI=1S/C17H17ClN2O3/c1-20(2)17(22)19-13-8-9-16(14(18)10-13)23-11-15(21)12-6-4-3-5-7-12/h3-10H,11H2,1-2H3,(H,19,22). The van der Waals surface area contributed by atoms with Gasteiger partial charge in [-0.25, -0.2) is 4.79 Å². The second-order valence-corrected chi connectivity index (χ2v) is 5.45. The highest BCUT2D eigenvalue weighted by Crippen LogP contribution is 2.28. The molecule has 0 radical (unpaired) electrons. The van der Waals surface area contributed by atoms with Gasteiger partial charge >= 0.3 is 6.03 Å². The number of anilines is 1. The fourth-order valence-electron chi connectivity index (χ4n) is 1.78. The Bertz CT molecular complexity index is 702. The van der Waals surface area contributed by atoms with E-state index in [2.05, 4.69) is 5.32 Å². The van der Waals surface area contributed by atoms with Crippen LogP contribution in [0.1, 0.15) is 10.4 Å². The summed E-state index contributed by atoms with van der Waals surface area (Å²) in [7, 11) is 3.28. The number of halogens is 1. The van der Waals surface area contributed by atoms with Gasteiger partial charge in [0.2, 0.25) is 0 Å². The number of hydrogen-bond acceptors (Lipinski definition) is 3. The van der Waals surface area contributed by atoms with E-state index >= 15 is 0 Å². The van der Waals surface area contributed by atoms with Gasteiger partial charge in [0.25, 0.3) is 0 Å². The lowest BCUT2D eigenvalue weighted by Crippen LogP contribution is -2.27. The minimum atomic E-state index is -0.256. The minimum Gasteiger partial charge on any atom is -0.484 e. The van der Waals surface area contributed by atoms with Gasteiger partial charge in [-0.3, -0.25) is 4.79 Å². The van der Waals surface area contributed by atoms with Crippen LogP contribution in [0.4, 0.5) is 10.5 Å². The van der Waals surface area contributed by atoms with E-state index in [-0.39, 0.29) is 18.4 Å². The Kier molecular flexibility index (Phi) is 5.60. The molecular weight excluding hydrogens is 316 g/mol. The van der Waals surface area contributed by atoms with Crippen molar-refractivity contribution in [1.82, 2.24) is 4.90 Å². The van der Waals surface area contributed by atoms with Gasteiger partial charge in [-0.2, -0.15) is 0 Å². The van der Waals surface area contributed by atoms with E-state index in [0.29, 0.717) is 22.0 Å². The SMILES string of the molecule is CN(C)C(=O)Nc1ccc(OCC(=O)c2ccccc2)c(Cl)c1. The number of urea groups is 1. The van der Waals surface area contributed by atoms with E-state index in [9.17, 15) is 9.59 Å². The highest BCUT2D eigenvalue weighted by atomic mass is 35.5. The van der Waals surface area contributed by atoms with Gasteiger partial charge in [-0.1, -0.05) is 41.9 Å². The molecule has 0 saturated heterocycles. The summed E-state index contributed by atoms with van der Waals surface area (Å²) in [6, 6.07) is 13.5. The zero-order chi connectivity index (χ0) is 16.8. The number of benzene rings is 2. The number of hydrogen-bond donors (Lipinski definition) is 1. The minimum absolute atomic E-state index is 0.104. The van der Waals surface area contributed by atoms with Crippen molar-refractivity contribution >= 4 is 29.1 Å². The summed E-state index contributed by atoms with van der Waals surface area (Å²) in [5.41, 5.74) is 1.13. The molecule has 0 aromatic heterocycles. The molecule has 0 atom stereocenters. The number of nitrogens with zero attached hydrogens (tertiary/aromatic N) is 1. The molecule has 1 N–H and O–H groups in total. The highest BCUT2D eigenvalue weighted by Gasteiger charge is 2.10. The first-order chi connectivity index (χ1) is 11.0. The van der Waals surface area contributed by atoms with Gasteiger partial charge in [0, 0.05) is 25.3 Å². The van der Waals surface area contributed by atoms with Crippen molar-refractivity contribution in [3.63, 3.8) is 0 Å². The number of carbonyl (C=O) groups excluding carboxylic acids is 2. The third kappa shape index (κ3) is 4.72. The molecule has 2 aromatic carbocycles. The Hall–Kier alpha value is -2.53. The van der Waals surface area contributed by atoms with Crippen LogP contribution in [0, 0.1) is 0 Å². The molecule has 0 aliphatic heterocycles. The van der Waals surface area contributed by atoms with Crippen molar-refractivity contribution in [2.45, 2.75) is 0 Å². The quantitative estimate of drug-likeness (QED) is 0.849. The molecule has 0 heterocycles. The number of ketones is 1. The Labute approximate surface area is 139 Å². The van der Waals surface area contributed by atoms with E-state index in [0.717, 1.165) is 0 Å². The van der Waals surface area contributed by atoms with Crippen molar-refractivity contribution in [3.05, 3.63) is 59.1 Å². The Balaban J connectivity index is 1.99. The van der Waals surface area contributed by atoms with Crippen LogP contribution in [0.5, 0.6) is 5.75 Å². The summed E-state index contributed by atoms with van der Waals surface area (Å²) in [5.74, 6) is 0.255. The summed E-state index contributed by atoms with van der Waals surface area (Å²) < 4.78 is 5.46.